The summed E-state index contributed by atoms with van der Waals surface area (Å²) < 4.78 is 1.60. The number of nitrogens with zero attached hydrogens (tertiary/aromatic N) is 2. The first-order chi connectivity index (χ1) is 16.3. The molecule has 4 rings (SSSR count). The molecule has 0 radical (unpaired) electrons. The van der Waals surface area contributed by atoms with Crippen LogP contribution in [0.1, 0.15) is 67.9 Å². The Morgan fingerprint density at radius 2 is 1.88 bits per heavy atom. The maximum atomic E-state index is 13.1. The summed E-state index contributed by atoms with van der Waals surface area (Å²) in [6, 6.07) is 10.4. The summed E-state index contributed by atoms with van der Waals surface area (Å²) in [5.41, 5.74) is 1.43. The van der Waals surface area contributed by atoms with E-state index in [-0.39, 0.29) is 29.3 Å². The smallest absolute Gasteiger partial charge is 0.274 e. The monoisotopic (exact) mass is 480 g/mol. The number of hydrogen-bond donors (Lipinski definition) is 2. The molecular formula is C26H29ClN4O3. The molecule has 1 aromatic heterocycles. The molecule has 1 heterocycles. The van der Waals surface area contributed by atoms with Crippen LogP contribution in [0.4, 0.5) is 5.69 Å². The van der Waals surface area contributed by atoms with E-state index >= 15 is 0 Å². The van der Waals surface area contributed by atoms with E-state index in [1.807, 2.05) is 13.8 Å². The highest BCUT2D eigenvalue weighted by atomic mass is 35.5. The summed E-state index contributed by atoms with van der Waals surface area (Å²) in [6.07, 6.45) is 7.04. The van der Waals surface area contributed by atoms with Gasteiger partial charge < -0.3 is 10.6 Å². The molecule has 7 nitrogen and oxygen atoms in total. The molecule has 0 unspecified atom stereocenters. The summed E-state index contributed by atoms with van der Waals surface area (Å²) in [5, 5.41) is 11.6. The van der Waals surface area contributed by atoms with E-state index in [1.165, 1.54) is 6.42 Å². The lowest BCUT2D eigenvalue weighted by atomic mass is 9.95. The summed E-state index contributed by atoms with van der Waals surface area (Å²) in [7, 11) is 0. The van der Waals surface area contributed by atoms with Gasteiger partial charge in [-0.3, -0.25) is 14.4 Å². The normalized spacial score (nSPS) is 14.4. The standard InChI is InChI=1S/C26H29ClN4O3/c1-16(2)24(32)28-14-17-8-11-23(27)22(12-17)25(33)30-19-10-9-18-15-29-31(26(34)21(18)13-19)20-6-4-3-5-7-20/h8-13,15-16,20H,3-7,14H2,1-2H3,(H,28,32)(H,30,33). The third kappa shape index (κ3) is 5.30. The Morgan fingerprint density at radius 3 is 2.62 bits per heavy atom. The fourth-order valence-corrected chi connectivity index (χ4v) is 4.47. The molecule has 1 aliphatic rings. The molecule has 178 valence electrons. The summed E-state index contributed by atoms with van der Waals surface area (Å²) in [6.45, 7) is 3.94. The molecule has 0 aliphatic heterocycles. The van der Waals surface area contributed by atoms with Gasteiger partial charge in [-0.15, -0.1) is 0 Å². The number of nitrogens with one attached hydrogen (secondary N) is 2. The molecule has 0 saturated heterocycles. The van der Waals surface area contributed by atoms with Crippen LogP contribution in [0.2, 0.25) is 5.02 Å². The van der Waals surface area contributed by atoms with Gasteiger partial charge in [0.25, 0.3) is 11.5 Å². The predicted octanol–water partition coefficient (Wildman–Crippen LogP) is 5.08. The van der Waals surface area contributed by atoms with Crippen LogP contribution in [-0.2, 0) is 11.3 Å². The van der Waals surface area contributed by atoms with Crippen molar-refractivity contribution in [2.24, 2.45) is 5.92 Å². The van der Waals surface area contributed by atoms with Crippen molar-refractivity contribution in [1.29, 1.82) is 0 Å². The van der Waals surface area contributed by atoms with Crippen molar-refractivity contribution in [2.45, 2.75) is 58.5 Å². The average Bonchev–Trinajstić information content (AvgIpc) is 2.84. The zero-order valence-electron chi connectivity index (χ0n) is 19.4. The Balaban J connectivity index is 1.55. The lowest BCUT2D eigenvalue weighted by Gasteiger charge is -2.22. The lowest BCUT2D eigenvalue weighted by Crippen LogP contribution is -2.28. The van der Waals surface area contributed by atoms with Crippen LogP contribution < -0.4 is 16.2 Å². The maximum absolute atomic E-state index is 13.1. The Morgan fingerprint density at radius 1 is 1.12 bits per heavy atom. The first kappa shape index (κ1) is 24.0. The van der Waals surface area contributed by atoms with E-state index in [2.05, 4.69) is 15.7 Å². The van der Waals surface area contributed by atoms with E-state index in [0.29, 0.717) is 28.2 Å². The number of rotatable bonds is 6. The molecule has 0 spiro atoms. The van der Waals surface area contributed by atoms with Crippen molar-refractivity contribution >= 4 is 39.9 Å². The van der Waals surface area contributed by atoms with Crippen molar-refractivity contribution in [3.05, 3.63) is 69.1 Å². The van der Waals surface area contributed by atoms with Crippen molar-refractivity contribution < 1.29 is 9.59 Å². The first-order valence-corrected chi connectivity index (χ1v) is 12.1. The quantitative estimate of drug-likeness (QED) is 0.514. The number of fused-ring (bicyclic) bond motifs is 1. The van der Waals surface area contributed by atoms with Gasteiger partial charge in [0.1, 0.15) is 0 Å². The molecule has 2 amide bonds. The van der Waals surface area contributed by atoms with Crippen molar-refractivity contribution in [3.63, 3.8) is 0 Å². The molecule has 2 N–H and O–H groups in total. The van der Waals surface area contributed by atoms with Crippen LogP contribution >= 0.6 is 11.6 Å². The van der Waals surface area contributed by atoms with Gasteiger partial charge in [-0.1, -0.05) is 56.8 Å². The highest BCUT2D eigenvalue weighted by Gasteiger charge is 2.19. The summed E-state index contributed by atoms with van der Waals surface area (Å²) in [4.78, 5) is 38.0. The van der Waals surface area contributed by atoms with E-state index in [9.17, 15) is 14.4 Å². The minimum Gasteiger partial charge on any atom is -0.352 e. The van der Waals surface area contributed by atoms with Gasteiger partial charge in [0.2, 0.25) is 5.91 Å². The second kappa shape index (κ2) is 10.4. The minimum absolute atomic E-state index is 0.0644. The molecule has 1 aliphatic carbocycles. The third-order valence-electron chi connectivity index (χ3n) is 6.26. The first-order valence-electron chi connectivity index (χ1n) is 11.7. The van der Waals surface area contributed by atoms with Crippen molar-refractivity contribution in [3.8, 4) is 0 Å². The molecule has 0 bridgehead atoms. The largest absolute Gasteiger partial charge is 0.352 e. The van der Waals surface area contributed by atoms with E-state index in [4.69, 9.17) is 11.6 Å². The molecule has 1 fully saturated rings. The highest BCUT2D eigenvalue weighted by molar-refractivity contribution is 6.34. The minimum atomic E-state index is -0.386. The second-order valence-electron chi connectivity index (χ2n) is 9.13. The second-order valence-corrected chi connectivity index (χ2v) is 9.54. The number of carbonyl (C=O) groups excluding carboxylic acids is 2. The Kier molecular flexibility index (Phi) is 7.32. The zero-order valence-corrected chi connectivity index (χ0v) is 20.2. The van der Waals surface area contributed by atoms with Gasteiger partial charge in [-0.2, -0.15) is 5.10 Å². The molecular weight excluding hydrogens is 452 g/mol. The van der Waals surface area contributed by atoms with Gasteiger partial charge in [0.15, 0.2) is 0 Å². The van der Waals surface area contributed by atoms with Crippen molar-refractivity contribution in [1.82, 2.24) is 15.1 Å². The molecule has 0 atom stereocenters. The molecule has 3 aromatic rings. The number of halogens is 1. The topological polar surface area (TPSA) is 93.1 Å². The van der Waals surface area contributed by atoms with Gasteiger partial charge in [-0.25, -0.2) is 4.68 Å². The summed E-state index contributed by atoms with van der Waals surface area (Å²) in [5.74, 6) is -0.575. The zero-order chi connectivity index (χ0) is 24.2. The lowest BCUT2D eigenvalue weighted by molar-refractivity contribution is -0.124. The molecule has 1 saturated carbocycles. The average molecular weight is 481 g/mol. The van der Waals surface area contributed by atoms with Gasteiger partial charge in [0.05, 0.1) is 28.2 Å². The molecule has 34 heavy (non-hydrogen) atoms. The number of carbonyl (C=O) groups is 2. The van der Waals surface area contributed by atoms with Crippen LogP contribution in [0, 0.1) is 5.92 Å². The number of benzene rings is 2. The highest BCUT2D eigenvalue weighted by Crippen LogP contribution is 2.27. The number of amides is 2. The van der Waals surface area contributed by atoms with Gasteiger partial charge >= 0.3 is 0 Å². The Labute approximate surface area is 203 Å². The van der Waals surface area contributed by atoms with Gasteiger partial charge in [0, 0.05) is 23.5 Å². The van der Waals surface area contributed by atoms with Crippen LogP contribution in [0.15, 0.2) is 47.4 Å². The van der Waals surface area contributed by atoms with E-state index in [0.717, 1.165) is 36.6 Å². The summed E-state index contributed by atoms with van der Waals surface area (Å²) >= 11 is 6.29. The molecule has 8 heteroatoms. The van der Waals surface area contributed by atoms with Crippen molar-refractivity contribution in [2.75, 3.05) is 5.32 Å². The Hall–Kier alpha value is -3.19. The SMILES string of the molecule is CC(C)C(=O)NCc1ccc(Cl)c(C(=O)Nc2ccc3cnn(C4CCCCC4)c(=O)c3c2)c1. The number of hydrogen-bond acceptors (Lipinski definition) is 4. The van der Waals surface area contributed by atoms with E-state index < -0.39 is 0 Å². The third-order valence-corrected chi connectivity index (χ3v) is 6.59. The van der Waals surface area contributed by atoms with Crippen LogP contribution in [0.3, 0.4) is 0 Å². The maximum Gasteiger partial charge on any atom is 0.274 e. The van der Waals surface area contributed by atoms with Crippen LogP contribution in [-0.4, -0.2) is 21.6 Å². The fourth-order valence-electron chi connectivity index (χ4n) is 4.27. The number of anilines is 1. The predicted molar refractivity (Wildman–Crippen MR) is 134 cm³/mol. The Bertz CT molecular complexity index is 1280. The number of aromatic nitrogens is 2. The van der Waals surface area contributed by atoms with Gasteiger partial charge in [-0.05, 0) is 42.7 Å². The van der Waals surface area contributed by atoms with Crippen LogP contribution in [0.5, 0.6) is 0 Å². The fraction of sp³-hybridized carbons (Fsp3) is 0.385. The van der Waals surface area contributed by atoms with Crippen LogP contribution in [0.25, 0.3) is 10.8 Å². The molecule has 2 aromatic carbocycles. The van der Waals surface area contributed by atoms with E-state index in [1.54, 1.807) is 47.3 Å².